The quantitative estimate of drug-likeness (QED) is 0.598. The third-order valence-electron chi connectivity index (χ3n) is 3.13. The molecule has 0 bridgehead atoms. The SMILES string of the molecule is O=C(c1cc2ccccc2s1)c1ccccc1C(F)(F)F. The Balaban J connectivity index is 2.10. The zero-order valence-corrected chi connectivity index (χ0v) is 11.5. The summed E-state index contributed by atoms with van der Waals surface area (Å²) in [7, 11) is 0. The number of rotatable bonds is 2. The van der Waals surface area contributed by atoms with Crippen molar-refractivity contribution in [3.8, 4) is 0 Å². The predicted molar refractivity (Wildman–Crippen MR) is 76.7 cm³/mol. The minimum absolute atomic E-state index is 0.309. The van der Waals surface area contributed by atoms with Gasteiger partial charge in [0.1, 0.15) is 0 Å². The summed E-state index contributed by atoms with van der Waals surface area (Å²) in [5.41, 5.74) is -1.20. The molecule has 1 nitrogen and oxygen atoms in total. The highest BCUT2D eigenvalue weighted by molar-refractivity contribution is 7.21. The Labute approximate surface area is 122 Å². The molecule has 3 aromatic rings. The first-order chi connectivity index (χ1) is 9.97. The van der Waals surface area contributed by atoms with Crippen LogP contribution in [0.4, 0.5) is 13.2 Å². The molecule has 0 N–H and O–H groups in total. The van der Waals surface area contributed by atoms with Gasteiger partial charge in [-0.05, 0) is 23.6 Å². The number of carbonyl (C=O) groups excluding carboxylic acids is 1. The number of ketones is 1. The van der Waals surface area contributed by atoms with Gasteiger partial charge in [-0.1, -0.05) is 36.4 Å². The second-order valence-corrected chi connectivity index (χ2v) is 5.60. The third-order valence-corrected chi connectivity index (χ3v) is 4.24. The van der Waals surface area contributed by atoms with Crippen LogP contribution in [0.25, 0.3) is 10.1 Å². The van der Waals surface area contributed by atoms with Crippen molar-refractivity contribution in [1.29, 1.82) is 0 Å². The number of carbonyl (C=O) groups is 1. The zero-order chi connectivity index (χ0) is 15.0. The van der Waals surface area contributed by atoms with E-state index >= 15 is 0 Å². The van der Waals surface area contributed by atoms with Gasteiger partial charge in [0, 0.05) is 10.3 Å². The standard InChI is InChI=1S/C16H9F3OS/c17-16(18,19)12-7-3-2-6-11(12)15(20)14-9-10-5-1-4-8-13(10)21-14/h1-9H. The van der Waals surface area contributed by atoms with Gasteiger partial charge in [-0.2, -0.15) is 13.2 Å². The van der Waals surface area contributed by atoms with Crippen molar-refractivity contribution in [2.45, 2.75) is 6.18 Å². The van der Waals surface area contributed by atoms with Gasteiger partial charge in [0.05, 0.1) is 10.4 Å². The molecule has 0 amide bonds. The van der Waals surface area contributed by atoms with Gasteiger partial charge in [0.25, 0.3) is 0 Å². The summed E-state index contributed by atoms with van der Waals surface area (Å²) in [5.74, 6) is -0.593. The highest BCUT2D eigenvalue weighted by Gasteiger charge is 2.35. The van der Waals surface area contributed by atoms with E-state index in [9.17, 15) is 18.0 Å². The van der Waals surface area contributed by atoms with E-state index in [1.165, 1.54) is 29.5 Å². The van der Waals surface area contributed by atoms with Gasteiger partial charge in [-0.25, -0.2) is 0 Å². The molecule has 0 fully saturated rings. The normalized spacial score (nSPS) is 11.8. The molecule has 0 aliphatic rings. The molecule has 0 spiro atoms. The predicted octanol–water partition coefficient (Wildman–Crippen LogP) is 5.15. The van der Waals surface area contributed by atoms with Gasteiger partial charge < -0.3 is 0 Å². The molecule has 21 heavy (non-hydrogen) atoms. The molecule has 0 aliphatic heterocycles. The fourth-order valence-corrected chi connectivity index (χ4v) is 3.17. The molecule has 0 aliphatic carbocycles. The number of halogens is 3. The van der Waals surface area contributed by atoms with Crippen molar-refractivity contribution in [2.75, 3.05) is 0 Å². The fourth-order valence-electron chi connectivity index (χ4n) is 2.15. The molecule has 0 saturated carbocycles. The maximum absolute atomic E-state index is 13.0. The van der Waals surface area contributed by atoms with Gasteiger partial charge >= 0.3 is 6.18 Å². The van der Waals surface area contributed by atoms with Crippen molar-refractivity contribution in [1.82, 2.24) is 0 Å². The van der Waals surface area contributed by atoms with E-state index < -0.39 is 17.5 Å². The van der Waals surface area contributed by atoms with E-state index in [1.807, 2.05) is 24.3 Å². The second-order valence-electron chi connectivity index (χ2n) is 4.52. The van der Waals surface area contributed by atoms with Crippen LogP contribution in [-0.2, 0) is 6.18 Å². The summed E-state index contributed by atoms with van der Waals surface area (Å²) in [6.45, 7) is 0. The number of hydrogen-bond donors (Lipinski definition) is 0. The Hall–Kier alpha value is -2.14. The highest BCUT2D eigenvalue weighted by Crippen LogP contribution is 2.34. The summed E-state index contributed by atoms with van der Waals surface area (Å²) >= 11 is 1.20. The smallest absolute Gasteiger partial charge is 0.288 e. The average Bonchev–Trinajstić information content (AvgIpc) is 2.89. The topological polar surface area (TPSA) is 17.1 Å². The van der Waals surface area contributed by atoms with Gasteiger partial charge in [-0.3, -0.25) is 4.79 Å². The first-order valence-electron chi connectivity index (χ1n) is 6.16. The minimum Gasteiger partial charge on any atom is -0.288 e. The maximum Gasteiger partial charge on any atom is 0.417 e. The van der Waals surface area contributed by atoms with Crippen molar-refractivity contribution in [3.63, 3.8) is 0 Å². The van der Waals surface area contributed by atoms with Crippen molar-refractivity contribution in [3.05, 3.63) is 70.6 Å². The lowest BCUT2D eigenvalue weighted by molar-refractivity contribution is -0.137. The van der Waals surface area contributed by atoms with Gasteiger partial charge in [0.2, 0.25) is 5.78 Å². The first-order valence-corrected chi connectivity index (χ1v) is 6.98. The van der Waals surface area contributed by atoms with Crippen LogP contribution in [-0.4, -0.2) is 5.78 Å². The molecule has 2 aromatic carbocycles. The number of thiophene rings is 1. The molecule has 0 saturated heterocycles. The van der Waals surface area contributed by atoms with Crippen LogP contribution in [0.1, 0.15) is 20.8 Å². The van der Waals surface area contributed by atoms with E-state index in [4.69, 9.17) is 0 Å². The van der Waals surface area contributed by atoms with Crippen LogP contribution >= 0.6 is 11.3 Å². The zero-order valence-electron chi connectivity index (χ0n) is 10.6. The van der Waals surface area contributed by atoms with Gasteiger partial charge in [0.15, 0.2) is 0 Å². The first kappa shape index (κ1) is 13.8. The molecule has 1 aromatic heterocycles. The van der Waals surface area contributed by atoms with Crippen LogP contribution in [0.3, 0.4) is 0 Å². The largest absolute Gasteiger partial charge is 0.417 e. The summed E-state index contributed by atoms with van der Waals surface area (Å²) in [6.07, 6.45) is -4.54. The van der Waals surface area contributed by atoms with Crippen LogP contribution in [0.15, 0.2) is 54.6 Å². The van der Waals surface area contributed by atoms with E-state index in [0.717, 1.165) is 16.2 Å². The average molecular weight is 306 g/mol. The minimum atomic E-state index is -4.54. The number of benzene rings is 2. The summed E-state index contributed by atoms with van der Waals surface area (Å²) in [6, 6.07) is 13.8. The second kappa shape index (κ2) is 5.00. The number of hydrogen-bond acceptors (Lipinski definition) is 2. The van der Waals surface area contributed by atoms with E-state index in [-0.39, 0.29) is 5.56 Å². The molecular formula is C16H9F3OS. The van der Waals surface area contributed by atoms with E-state index in [2.05, 4.69) is 0 Å². The molecule has 5 heteroatoms. The Morgan fingerprint density at radius 2 is 1.62 bits per heavy atom. The lowest BCUT2D eigenvalue weighted by atomic mass is 10.0. The Morgan fingerprint density at radius 3 is 2.33 bits per heavy atom. The monoisotopic (exact) mass is 306 g/mol. The van der Waals surface area contributed by atoms with Crippen LogP contribution in [0.5, 0.6) is 0 Å². The fraction of sp³-hybridized carbons (Fsp3) is 0.0625. The van der Waals surface area contributed by atoms with Crippen molar-refractivity contribution >= 4 is 27.2 Å². The summed E-state index contributed by atoms with van der Waals surface area (Å²) in [5, 5.41) is 0.857. The number of alkyl halides is 3. The summed E-state index contributed by atoms with van der Waals surface area (Å²) < 4.78 is 39.8. The molecule has 0 radical (unpaired) electrons. The lowest BCUT2D eigenvalue weighted by Gasteiger charge is -2.10. The van der Waals surface area contributed by atoms with Crippen molar-refractivity contribution < 1.29 is 18.0 Å². The van der Waals surface area contributed by atoms with Crippen LogP contribution in [0.2, 0.25) is 0 Å². The molecule has 0 unspecified atom stereocenters. The third kappa shape index (κ3) is 2.56. The van der Waals surface area contributed by atoms with E-state index in [0.29, 0.717) is 4.88 Å². The Bertz CT molecular complexity index is 785. The van der Waals surface area contributed by atoms with Crippen molar-refractivity contribution in [2.24, 2.45) is 0 Å². The molecular weight excluding hydrogens is 297 g/mol. The van der Waals surface area contributed by atoms with Gasteiger partial charge in [-0.15, -0.1) is 11.3 Å². The molecule has 3 rings (SSSR count). The van der Waals surface area contributed by atoms with Crippen LogP contribution in [0, 0.1) is 0 Å². The highest BCUT2D eigenvalue weighted by atomic mass is 32.1. The summed E-state index contributed by atoms with van der Waals surface area (Å²) in [4.78, 5) is 12.7. The van der Waals surface area contributed by atoms with E-state index in [1.54, 1.807) is 6.07 Å². The van der Waals surface area contributed by atoms with Crippen LogP contribution < -0.4 is 0 Å². The number of fused-ring (bicyclic) bond motifs is 1. The Morgan fingerprint density at radius 1 is 0.952 bits per heavy atom. The Kier molecular flexibility index (Phi) is 3.29. The lowest BCUT2D eigenvalue weighted by Crippen LogP contribution is -2.12. The maximum atomic E-state index is 13.0. The molecule has 1 heterocycles. The molecule has 0 atom stereocenters. The molecule has 106 valence electrons.